The lowest BCUT2D eigenvalue weighted by molar-refractivity contribution is -0.384. The Hall–Kier alpha value is -9.84. The van der Waals surface area contributed by atoms with Crippen molar-refractivity contribution in [1.82, 2.24) is 0 Å². The molecule has 0 N–H and O–H groups in total. The number of nitrogens with zero attached hydrogens (tertiary/aromatic N) is 6. The molecular weight excluding hydrogens is 853 g/mol. The zero-order chi connectivity index (χ0) is 46.8. The molecule has 0 aliphatic carbocycles. The molecule has 18 nitrogen and oxygen atoms in total. The van der Waals surface area contributed by atoms with Crippen molar-refractivity contribution in [1.29, 1.82) is 0 Å². The molecule has 0 aliphatic heterocycles. The summed E-state index contributed by atoms with van der Waals surface area (Å²) < 4.78 is 0. The molecule has 0 amide bonds. The Morgan fingerprint density at radius 1 is 0.212 bits per heavy atom. The zero-order valence-corrected chi connectivity index (χ0v) is 33.7. The standard InChI is InChI=1S/C48H28N6O12/c55-49(56)43-18-12-32(24-37(43)30-9-5-2-6-10-30)39-26-34(14-20-45(39)51(59)60)41-28-36(16-22-47(41)53(63)64)42-27-35(15-21-48(42)54(65)66)40-25-33(13-19-46(40)52(61)62)38-23-31(11-17-44(38)50(57)58)29-7-3-1-4-8-29/h1-28H. The summed E-state index contributed by atoms with van der Waals surface area (Å²) in [7, 11) is 0. The molecule has 66 heavy (non-hydrogen) atoms. The van der Waals surface area contributed by atoms with E-state index < -0.39 is 52.3 Å². The largest absolute Gasteiger partial charge is 0.277 e. The average molecular weight is 881 g/mol. The van der Waals surface area contributed by atoms with Crippen molar-refractivity contribution < 1.29 is 29.5 Å². The second-order valence-corrected chi connectivity index (χ2v) is 14.7. The minimum atomic E-state index is -0.703. The summed E-state index contributed by atoms with van der Waals surface area (Å²) in [5.41, 5.74) is 0.0916. The van der Waals surface area contributed by atoms with Gasteiger partial charge in [0.15, 0.2) is 0 Å². The summed E-state index contributed by atoms with van der Waals surface area (Å²) >= 11 is 0. The van der Waals surface area contributed by atoms with Crippen LogP contribution in [0.2, 0.25) is 0 Å². The Balaban J connectivity index is 1.29. The Bertz CT molecular complexity index is 3340. The van der Waals surface area contributed by atoms with Crippen molar-refractivity contribution in [3.8, 4) is 77.9 Å². The van der Waals surface area contributed by atoms with E-state index in [1.54, 1.807) is 54.6 Å². The molecule has 0 heterocycles. The summed E-state index contributed by atoms with van der Waals surface area (Å²) in [4.78, 5) is 70.3. The lowest BCUT2D eigenvalue weighted by Crippen LogP contribution is -1.98. The molecule has 0 saturated carbocycles. The van der Waals surface area contributed by atoms with Gasteiger partial charge in [-0.3, -0.25) is 60.7 Å². The molecule has 0 saturated heterocycles. The molecule has 18 heteroatoms. The van der Waals surface area contributed by atoms with Gasteiger partial charge in [0.25, 0.3) is 34.1 Å². The van der Waals surface area contributed by atoms with E-state index in [0.29, 0.717) is 11.1 Å². The maximum atomic E-state index is 12.6. The Morgan fingerprint density at radius 2 is 0.409 bits per heavy atom. The molecule has 0 atom stereocenters. The van der Waals surface area contributed by atoms with Crippen molar-refractivity contribution in [2.75, 3.05) is 0 Å². The predicted molar refractivity (Wildman–Crippen MR) is 244 cm³/mol. The fourth-order valence-electron chi connectivity index (χ4n) is 7.82. The van der Waals surface area contributed by atoms with Crippen LogP contribution in [0.4, 0.5) is 34.1 Å². The van der Waals surface area contributed by atoms with Gasteiger partial charge in [0, 0.05) is 36.4 Å². The van der Waals surface area contributed by atoms with Gasteiger partial charge in [-0.2, -0.15) is 0 Å². The molecule has 0 aromatic heterocycles. The smallest absolute Gasteiger partial charge is 0.258 e. The highest BCUT2D eigenvalue weighted by molar-refractivity contribution is 5.91. The first-order valence-electron chi connectivity index (χ1n) is 19.5. The number of hydrogen-bond donors (Lipinski definition) is 0. The predicted octanol–water partition coefficient (Wildman–Crippen LogP) is 12.8. The van der Waals surface area contributed by atoms with Gasteiger partial charge < -0.3 is 0 Å². The monoisotopic (exact) mass is 880 g/mol. The first kappa shape index (κ1) is 42.8. The van der Waals surface area contributed by atoms with E-state index in [2.05, 4.69) is 0 Å². The van der Waals surface area contributed by atoms with Crippen molar-refractivity contribution in [3.63, 3.8) is 0 Å². The third-order valence-corrected chi connectivity index (χ3v) is 10.9. The van der Waals surface area contributed by atoms with E-state index >= 15 is 0 Å². The number of nitro benzene ring substituents is 6. The molecule has 0 aliphatic rings. The van der Waals surface area contributed by atoms with Crippen LogP contribution in [0, 0.1) is 60.7 Å². The second kappa shape index (κ2) is 17.5. The highest BCUT2D eigenvalue weighted by Crippen LogP contribution is 2.45. The molecule has 8 aromatic carbocycles. The molecule has 0 bridgehead atoms. The maximum absolute atomic E-state index is 12.6. The van der Waals surface area contributed by atoms with Crippen LogP contribution in [0.25, 0.3) is 77.9 Å². The van der Waals surface area contributed by atoms with Crippen LogP contribution in [-0.2, 0) is 0 Å². The van der Waals surface area contributed by atoms with Crippen molar-refractivity contribution in [2.45, 2.75) is 0 Å². The van der Waals surface area contributed by atoms with Crippen molar-refractivity contribution >= 4 is 34.1 Å². The van der Waals surface area contributed by atoms with Crippen LogP contribution in [0.5, 0.6) is 0 Å². The highest BCUT2D eigenvalue weighted by Gasteiger charge is 2.27. The first-order valence-corrected chi connectivity index (χ1v) is 19.5. The fraction of sp³-hybridized carbons (Fsp3) is 0. The highest BCUT2D eigenvalue weighted by atomic mass is 16.6. The second-order valence-electron chi connectivity index (χ2n) is 14.7. The summed E-state index contributed by atoms with van der Waals surface area (Å²) in [6.45, 7) is 0. The summed E-state index contributed by atoms with van der Waals surface area (Å²) in [5.74, 6) is 0. The molecule has 322 valence electrons. The van der Waals surface area contributed by atoms with E-state index in [-0.39, 0.29) is 72.6 Å². The Morgan fingerprint density at radius 3 is 0.652 bits per heavy atom. The number of benzene rings is 8. The minimum absolute atomic E-state index is 0.0426. The van der Waals surface area contributed by atoms with Gasteiger partial charge in [-0.25, -0.2) is 0 Å². The Kier molecular flexibility index (Phi) is 11.4. The fourth-order valence-corrected chi connectivity index (χ4v) is 7.82. The van der Waals surface area contributed by atoms with Crippen LogP contribution < -0.4 is 0 Å². The van der Waals surface area contributed by atoms with E-state index in [4.69, 9.17) is 0 Å². The lowest BCUT2D eigenvalue weighted by Gasteiger charge is -2.13. The minimum Gasteiger partial charge on any atom is -0.258 e. The number of rotatable bonds is 13. The molecular formula is C48H28N6O12. The van der Waals surface area contributed by atoms with Gasteiger partial charge in [-0.05, 0) is 117 Å². The average Bonchev–Trinajstić information content (AvgIpc) is 3.33. The van der Waals surface area contributed by atoms with Crippen LogP contribution in [-0.4, -0.2) is 29.5 Å². The van der Waals surface area contributed by atoms with E-state index in [0.717, 1.165) is 23.8 Å². The SMILES string of the molecule is O=[N+]([O-])c1ccc(-c2ccccc2)cc1-c1ccc([N+](=O)[O-])c(-c2ccc([N+](=O)[O-])c(-c3ccc([N+](=O)[O-])c(-c4ccc([N+](=O)[O-])c(-c5ccc([N+](=O)[O-])c(-c6ccccc6)c5)c4)c3)c2)c1. The molecule has 0 fully saturated rings. The zero-order valence-electron chi connectivity index (χ0n) is 33.7. The normalized spacial score (nSPS) is 10.8. The van der Waals surface area contributed by atoms with E-state index in [1.165, 1.54) is 78.9 Å². The number of nitro groups is 6. The van der Waals surface area contributed by atoms with Gasteiger partial charge in [-0.1, -0.05) is 60.7 Å². The quantitative estimate of drug-likeness (QED) is 0.0773. The molecule has 0 unspecified atom stereocenters. The van der Waals surface area contributed by atoms with E-state index in [1.807, 2.05) is 18.2 Å². The lowest BCUT2D eigenvalue weighted by atomic mass is 9.90. The molecule has 0 radical (unpaired) electrons. The van der Waals surface area contributed by atoms with E-state index in [9.17, 15) is 60.7 Å². The molecule has 8 aromatic rings. The summed E-state index contributed by atoms with van der Waals surface area (Å²) in [6, 6.07) is 40.7. The first-order chi connectivity index (χ1) is 31.7. The Labute approximate surface area is 371 Å². The van der Waals surface area contributed by atoms with Crippen LogP contribution in [0.3, 0.4) is 0 Å². The molecule has 8 rings (SSSR count). The van der Waals surface area contributed by atoms with Crippen molar-refractivity contribution in [2.24, 2.45) is 0 Å². The van der Waals surface area contributed by atoms with Gasteiger partial charge in [0.05, 0.1) is 62.9 Å². The van der Waals surface area contributed by atoms with Gasteiger partial charge in [0.2, 0.25) is 0 Å². The third kappa shape index (κ3) is 8.26. The summed E-state index contributed by atoms with van der Waals surface area (Å²) in [6.07, 6.45) is 0. The summed E-state index contributed by atoms with van der Waals surface area (Å²) in [5, 5.41) is 74.2. The van der Waals surface area contributed by atoms with Gasteiger partial charge >= 0.3 is 0 Å². The topological polar surface area (TPSA) is 259 Å². The van der Waals surface area contributed by atoms with Crippen LogP contribution in [0.1, 0.15) is 0 Å². The third-order valence-electron chi connectivity index (χ3n) is 10.9. The van der Waals surface area contributed by atoms with Crippen LogP contribution in [0.15, 0.2) is 170 Å². The maximum Gasteiger partial charge on any atom is 0.277 e. The van der Waals surface area contributed by atoms with Gasteiger partial charge in [0.1, 0.15) is 0 Å². The molecule has 0 spiro atoms. The number of hydrogen-bond acceptors (Lipinski definition) is 12. The van der Waals surface area contributed by atoms with Gasteiger partial charge in [-0.15, -0.1) is 0 Å². The van der Waals surface area contributed by atoms with Crippen molar-refractivity contribution in [3.05, 3.63) is 231 Å². The van der Waals surface area contributed by atoms with Crippen LogP contribution >= 0.6 is 0 Å².